The van der Waals surface area contributed by atoms with Crippen molar-refractivity contribution in [2.75, 3.05) is 6.54 Å². The molecular formula is C22H30N4O8. The topological polar surface area (TPSA) is 194 Å². The zero-order valence-electron chi connectivity index (χ0n) is 18.7. The highest BCUT2D eigenvalue weighted by molar-refractivity contribution is 5.95. The van der Waals surface area contributed by atoms with Crippen molar-refractivity contribution in [2.45, 2.75) is 62.9 Å². The molecule has 0 bridgehead atoms. The molecule has 1 fully saturated rings. The van der Waals surface area contributed by atoms with Crippen molar-refractivity contribution in [1.82, 2.24) is 21.3 Å². The minimum atomic E-state index is -1.75. The van der Waals surface area contributed by atoms with E-state index in [1.54, 1.807) is 30.3 Å². The Kier molecular flexibility index (Phi) is 9.95. The first-order chi connectivity index (χ1) is 16.1. The number of hydrogen-bond donors (Lipinski definition) is 7. The Morgan fingerprint density at radius 2 is 1.68 bits per heavy atom. The lowest BCUT2D eigenvalue weighted by Gasteiger charge is -2.26. The first-order valence-electron chi connectivity index (χ1n) is 10.9. The van der Waals surface area contributed by atoms with Gasteiger partial charge in [-0.1, -0.05) is 30.3 Å². The van der Waals surface area contributed by atoms with Gasteiger partial charge < -0.3 is 36.6 Å². The van der Waals surface area contributed by atoms with Crippen LogP contribution >= 0.6 is 0 Å². The van der Waals surface area contributed by atoms with Gasteiger partial charge in [-0.15, -0.1) is 0 Å². The molecule has 0 saturated carbocycles. The third kappa shape index (κ3) is 8.12. The molecule has 1 aromatic carbocycles. The van der Waals surface area contributed by atoms with Crippen molar-refractivity contribution in [3.8, 4) is 0 Å². The molecule has 1 aliphatic heterocycles. The Bertz CT molecular complexity index is 886. The minimum Gasteiger partial charge on any atom is -0.481 e. The molecule has 0 radical (unpaired) electrons. The highest BCUT2D eigenvalue weighted by atomic mass is 16.4. The van der Waals surface area contributed by atoms with Gasteiger partial charge in [-0.2, -0.15) is 0 Å². The molecule has 1 aromatic rings. The number of aliphatic hydroxyl groups excluding tert-OH is 1. The molecule has 0 spiro atoms. The standard InChI is InChI=1S/C22H30N4O8/c1-12(27)18(21(32)25-16(22(33)34)11-17(28)29)26-20(31)15(10-13-6-3-2-4-7-13)24-19(30)14-8-5-9-23-14/h2-4,6-7,12,14-16,18,23,27H,5,8-11H2,1H3,(H,24,30)(H,25,32)(H,26,31)(H,28,29)(H,33,34). The summed E-state index contributed by atoms with van der Waals surface area (Å²) in [6.45, 7) is 1.89. The van der Waals surface area contributed by atoms with E-state index in [1.807, 2.05) is 5.32 Å². The number of nitrogens with one attached hydrogen (secondary N) is 4. The van der Waals surface area contributed by atoms with Crippen LogP contribution in [0.2, 0.25) is 0 Å². The molecule has 7 N–H and O–H groups in total. The molecule has 5 atom stereocenters. The number of carboxylic acid groups (broad SMARTS) is 2. The fourth-order valence-electron chi connectivity index (χ4n) is 3.53. The minimum absolute atomic E-state index is 0.107. The van der Waals surface area contributed by atoms with Gasteiger partial charge in [0.1, 0.15) is 18.1 Å². The molecule has 0 aromatic heterocycles. The number of carbonyl (C=O) groups is 5. The molecule has 186 valence electrons. The Labute approximate surface area is 196 Å². The molecule has 1 heterocycles. The van der Waals surface area contributed by atoms with E-state index in [-0.39, 0.29) is 12.3 Å². The molecule has 5 unspecified atom stereocenters. The SMILES string of the molecule is CC(O)C(NC(=O)C(Cc1ccccc1)NC(=O)C1CCCN1)C(=O)NC(CC(=O)O)C(=O)O. The van der Waals surface area contributed by atoms with Crippen molar-refractivity contribution >= 4 is 29.7 Å². The van der Waals surface area contributed by atoms with Crippen LogP contribution in [0.4, 0.5) is 0 Å². The third-order valence-electron chi connectivity index (χ3n) is 5.35. The Morgan fingerprint density at radius 1 is 1.00 bits per heavy atom. The number of carbonyl (C=O) groups excluding carboxylic acids is 3. The molecule has 1 aliphatic rings. The maximum absolute atomic E-state index is 13.1. The Balaban J connectivity index is 2.16. The van der Waals surface area contributed by atoms with Gasteiger partial charge in [0.2, 0.25) is 17.7 Å². The zero-order chi connectivity index (χ0) is 25.3. The van der Waals surface area contributed by atoms with E-state index >= 15 is 0 Å². The zero-order valence-corrected chi connectivity index (χ0v) is 18.7. The summed E-state index contributed by atoms with van der Waals surface area (Å²) >= 11 is 0. The van der Waals surface area contributed by atoms with Gasteiger partial charge in [0, 0.05) is 6.42 Å². The number of amides is 3. The molecular weight excluding hydrogens is 448 g/mol. The first-order valence-corrected chi connectivity index (χ1v) is 10.9. The van der Waals surface area contributed by atoms with Crippen LogP contribution in [-0.4, -0.2) is 81.8 Å². The summed E-state index contributed by atoms with van der Waals surface area (Å²) in [5.41, 5.74) is 0.743. The van der Waals surface area contributed by atoms with Crippen LogP contribution in [0.3, 0.4) is 0 Å². The number of aliphatic hydroxyl groups is 1. The summed E-state index contributed by atoms with van der Waals surface area (Å²) < 4.78 is 0. The van der Waals surface area contributed by atoms with E-state index < -0.39 is 60.4 Å². The van der Waals surface area contributed by atoms with Gasteiger partial charge in [-0.25, -0.2) is 4.79 Å². The van der Waals surface area contributed by atoms with E-state index in [0.717, 1.165) is 12.0 Å². The van der Waals surface area contributed by atoms with Crippen LogP contribution < -0.4 is 21.3 Å². The quantitative estimate of drug-likeness (QED) is 0.185. The Morgan fingerprint density at radius 3 is 2.21 bits per heavy atom. The second-order valence-electron chi connectivity index (χ2n) is 8.12. The number of aliphatic carboxylic acids is 2. The van der Waals surface area contributed by atoms with Crippen LogP contribution in [0.25, 0.3) is 0 Å². The van der Waals surface area contributed by atoms with Crippen molar-refractivity contribution in [3.63, 3.8) is 0 Å². The van der Waals surface area contributed by atoms with Crippen LogP contribution in [0.15, 0.2) is 30.3 Å². The highest BCUT2D eigenvalue weighted by Gasteiger charge is 2.34. The first kappa shape index (κ1) is 26.7. The number of benzene rings is 1. The molecule has 12 heteroatoms. The average molecular weight is 479 g/mol. The highest BCUT2D eigenvalue weighted by Crippen LogP contribution is 2.09. The fraction of sp³-hybridized carbons (Fsp3) is 0.500. The maximum Gasteiger partial charge on any atom is 0.326 e. The summed E-state index contributed by atoms with van der Waals surface area (Å²) in [6, 6.07) is 4.00. The predicted molar refractivity (Wildman–Crippen MR) is 119 cm³/mol. The van der Waals surface area contributed by atoms with Gasteiger partial charge >= 0.3 is 11.9 Å². The van der Waals surface area contributed by atoms with Gasteiger partial charge in [0.25, 0.3) is 0 Å². The molecule has 2 rings (SSSR count). The van der Waals surface area contributed by atoms with Gasteiger partial charge in [-0.3, -0.25) is 19.2 Å². The molecule has 12 nitrogen and oxygen atoms in total. The fourth-order valence-corrected chi connectivity index (χ4v) is 3.53. The molecule has 3 amide bonds. The number of rotatable bonds is 12. The second kappa shape index (κ2) is 12.7. The average Bonchev–Trinajstić information content (AvgIpc) is 3.31. The molecule has 0 aliphatic carbocycles. The van der Waals surface area contributed by atoms with E-state index in [2.05, 4.69) is 16.0 Å². The monoisotopic (exact) mass is 478 g/mol. The van der Waals surface area contributed by atoms with Crippen LogP contribution in [0.5, 0.6) is 0 Å². The normalized spacial score (nSPS) is 18.7. The van der Waals surface area contributed by atoms with Gasteiger partial charge in [-0.05, 0) is 31.9 Å². The largest absolute Gasteiger partial charge is 0.481 e. The Hall–Kier alpha value is -3.51. The molecule has 1 saturated heterocycles. The van der Waals surface area contributed by atoms with E-state index in [4.69, 9.17) is 10.2 Å². The smallest absolute Gasteiger partial charge is 0.326 e. The summed E-state index contributed by atoms with van der Waals surface area (Å²) in [5.74, 6) is -5.24. The van der Waals surface area contributed by atoms with Crippen LogP contribution in [0, 0.1) is 0 Å². The summed E-state index contributed by atoms with van der Waals surface area (Å²) in [7, 11) is 0. The lowest BCUT2D eigenvalue weighted by molar-refractivity contribution is -0.148. The van der Waals surface area contributed by atoms with E-state index in [1.165, 1.54) is 6.92 Å². The van der Waals surface area contributed by atoms with Crippen molar-refractivity contribution in [3.05, 3.63) is 35.9 Å². The molecule has 34 heavy (non-hydrogen) atoms. The van der Waals surface area contributed by atoms with E-state index in [9.17, 15) is 29.1 Å². The lowest BCUT2D eigenvalue weighted by Crippen LogP contribution is -2.60. The predicted octanol–water partition coefficient (Wildman–Crippen LogP) is -1.62. The number of carboxylic acids is 2. The summed E-state index contributed by atoms with van der Waals surface area (Å²) in [5, 5.41) is 38.1. The third-order valence-corrected chi connectivity index (χ3v) is 5.35. The van der Waals surface area contributed by atoms with E-state index in [0.29, 0.717) is 13.0 Å². The summed E-state index contributed by atoms with van der Waals surface area (Å²) in [6.07, 6.45) is -0.782. The van der Waals surface area contributed by atoms with Crippen molar-refractivity contribution < 1.29 is 39.3 Å². The van der Waals surface area contributed by atoms with Crippen molar-refractivity contribution in [1.29, 1.82) is 0 Å². The van der Waals surface area contributed by atoms with Gasteiger partial charge in [0.05, 0.1) is 18.6 Å². The maximum atomic E-state index is 13.1. The lowest BCUT2D eigenvalue weighted by atomic mass is 10.0. The second-order valence-corrected chi connectivity index (χ2v) is 8.12. The van der Waals surface area contributed by atoms with Crippen molar-refractivity contribution in [2.24, 2.45) is 0 Å². The summed E-state index contributed by atoms with van der Waals surface area (Å²) in [4.78, 5) is 60.4. The van der Waals surface area contributed by atoms with Gasteiger partial charge in [0.15, 0.2) is 0 Å². The van der Waals surface area contributed by atoms with Crippen LogP contribution in [-0.2, 0) is 30.4 Å². The van der Waals surface area contributed by atoms with Crippen LogP contribution in [0.1, 0.15) is 31.7 Å². The number of hydrogen-bond acceptors (Lipinski definition) is 7.